The number of carboxylic acid groups (broad SMARTS) is 1. The number of amides is 1. The fourth-order valence-electron chi connectivity index (χ4n) is 2.96. The molecule has 25 heavy (non-hydrogen) atoms. The summed E-state index contributed by atoms with van der Waals surface area (Å²) in [6.07, 6.45) is 0.0800. The SMILES string of the molecule is CC(Nc1c([N+](=O)[O-])cnc2ccccc12)C(NC(=O)O)C(C)(C)C. The van der Waals surface area contributed by atoms with Crippen molar-refractivity contribution in [3.8, 4) is 0 Å². The third-order valence-corrected chi connectivity index (χ3v) is 4.04. The van der Waals surface area contributed by atoms with Gasteiger partial charge in [0.25, 0.3) is 0 Å². The van der Waals surface area contributed by atoms with Gasteiger partial charge in [-0.2, -0.15) is 0 Å². The van der Waals surface area contributed by atoms with Gasteiger partial charge in [0.05, 0.1) is 16.5 Å². The van der Waals surface area contributed by atoms with Crippen molar-refractivity contribution in [1.82, 2.24) is 10.3 Å². The molecule has 8 heteroatoms. The van der Waals surface area contributed by atoms with Crippen LogP contribution >= 0.6 is 0 Å². The molecule has 0 aliphatic heterocycles. The Morgan fingerprint density at radius 1 is 1.32 bits per heavy atom. The quantitative estimate of drug-likeness (QED) is 0.562. The fourth-order valence-corrected chi connectivity index (χ4v) is 2.96. The number of anilines is 1. The molecule has 0 spiro atoms. The van der Waals surface area contributed by atoms with Crippen LogP contribution in [-0.2, 0) is 0 Å². The summed E-state index contributed by atoms with van der Waals surface area (Å²) in [5.41, 5.74) is 0.432. The Morgan fingerprint density at radius 3 is 2.52 bits per heavy atom. The van der Waals surface area contributed by atoms with Gasteiger partial charge in [-0.3, -0.25) is 10.1 Å². The van der Waals surface area contributed by atoms with Crippen LogP contribution < -0.4 is 10.6 Å². The van der Waals surface area contributed by atoms with E-state index in [2.05, 4.69) is 15.6 Å². The maximum absolute atomic E-state index is 11.4. The largest absolute Gasteiger partial charge is 0.465 e. The lowest BCUT2D eigenvalue weighted by Gasteiger charge is -2.36. The number of para-hydroxylation sites is 1. The minimum absolute atomic E-state index is 0.145. The second-order valence-corrected chi connectivity index (χ2v) is 7.02. The Hall–Kier alpha value is -2.90. The summed E-state index contributed by atoms with van der Waals surface area (Å²) >= 11 is 0. The second-order valence-electron chi connectivity index (χ2n) is 7.02. The number of hydrogen-bond acceptors (Lipinski definition) is 5. The van der Waals surface area contributed by atoms with E-state index in [1.807, 2.05) is 20.8 Å². The minimum atomic E-state index is -1.14. The number of nitrogens with one attached hydrogen (secondary N) is 2. The predicted octanol–water partition coefficient (Wildman–Crippen LogP) is 3.63. The first-order valence-electron chi connectivity index (χ1n) is 7.89. The standard InChI is InChI=1S/C17H22N4O4/c1-10(15(17(2,3)4)20-16(22)23)19-14-11-7-5-6-8-12(11)18-9-13(14)21(24)25/h5-10,15,20H,1-4H3,(H,18,19)(H,22,23). The smallest absolute Gasteiger partial charge is 0.404 e. The zero-order valence-electron chi connectivity index (χ0n) is 14.6. The van der Waals surface area contributed by atoms with Crippen molar-refractivity contribution < 1.29 is 14.8 Å². The molecule has 8 nitrogen and oxygen atoms in total. The summed E-state index contributed by atoms with van der Waals surface area (Å²) in [5, 5.41) is 26.8. The van der Waals surface area contributed by atoms with Crippen molar-refractivity contribution in [2.75, 3.05) is 5.32 Å². The van der Waals surface area contributed by atoms with E-state index in [0.717, 1.165) is 0 Å². The summed E-state index contributed by atoms with van der Waals surface area (Å²) in [5.74, 6) is 0. The number of rotatable bonds is 5. The van der Waals surface area contributed by atoms with Crippen LogP contribution in [0.15, 0.2) is 30.5 Å². The topological polar surface area (TPSA) is 117 Å². The van der Waals surface area contributed by atoms with Crippen LogP contribution in [0.1, 0.15) is 27.7 Å². The van der Waals surface area contributed by atoms with E-state index in [0.29, 0.717) is 16.6 Å². The Kier molecular flexibility index (Phi) is 5.10. The van der Waals surface area contributed by atoms with E-state index in [1.165, 1.54) is 6.20 Å². The number of pyridine rings is 1. The highest BCUT2D eigenvalue weighted by Gasteiger charge is 2.32. The molecule has 2 atom stereocenters. The normalized spacial score (nSPS) is 13.9. The highest BCUT2D eigenvalue weighted by atomic mass is 16.6. The maximum Gasteiger partial charge on any atom is 0.404 e. The molecule has 2 unspecified atom stereocenters. The molecule has 0 radical (unpaired) electrons. The van der Waals surface area contributed by atoms with Crippen LogP contribution in [0.5, 0.6) is 0 Å². The molecule has 0 saturated heterocycles. The van der Waals surface area contributed by atoms with Crippen molar-refractivity contribution >= 4 is 28.4 Å². The van der Waals surface area contributed by atoms with E-state index in [-0.39, 0.29) is 17.1 Å². The van der Waals surface area contributed by atoms with Crippen molar-refractivity contribution in [3.05, 3.63) is 40.6 Å². The lowest BCUT2D eigenvalue weighted by atomic mass is 9.82. The Balaban J connectivity index is 2.48. The predicted molar refractivity (Wildman–Crippen MR) is 95.9 cm³/mol. The van der Waals surface area contributed by atoms with Crippen molar-refractivity contribution in [2.45, 2.75) is 39.8 Å². The highest BCUT2D eigenvalue weighted by Crippen LogP contribution is 2.33. The molecule has 0 saturated carbocycles. The van der Waals surface area contributed by atoms with Gasteiger partial charge in [0, 0.05) is 11.4 Å². The molecular formula is C17H22N4O4. The van der Waals surface area contributed by atoms with Gasteiger partial charge in [-0.25, -0.2) is 9.78 Å². The monoisotopic (exact) mass is 346 g/mol. The summed E-state index contributed by atoms with van der Waals surface area (Å²) < 4.78 is 0. The number of benzene rings is 1. The van der Waals surface area contributed by atoms with Crippen LogP contribution in [0.25, 0.3) is 10.9 Å². The molecule has 2 rings (SSSR count). The van der Waals surface area contributed by atoms with E-state index >= 15 is 0 Å². The van der Waals surface area contributed by atoms with Gasteiger partial charge < -0.3 is 15.7 Å². The Bertz CT molecular complexity index is 801. The van der Waals surface area contributed by atoms with E-state index < -0.39 is 17.1 Å². The van der Waals surface area contributed by atoms with Crippen LogP contribution in [0.2, 0.25) is 0 Å². The fraction of sp³-hybridized carbons (Fsp3) is 0.412. The molecule has 0 aliphatic rings. The number of fused-ring (bicyclic) bond motifs is 1. The van der Waals surface area contributed by atoms with E-state index in [9.17, 15) is 14.9 Å². The average molecular weight is 346 g/mol. The molecular weight excluding hydrogens is 324 g/mol. The molecule has 1 amide bonds. The first-order chi connectivity index (χ1) is 11.6. The lowest BCUT2D eigenvalue weighted by Crippen LogP contribution is -2.52. The summed E-state index contributed by atoms with van der Waals surface area (Å²) in [6.45, 7) is 7.52. The van der Waals surface area contributed by atoms with Gasteiger partial charge >= 0.3 is 11.8 Å². The summed E-state index contributed by atoms with van der Waals surface area (Å²) in [7, 11) is 0. The molecule has 0 fully saturated rings. The van der Waals surface area contributed by atoms with E-state index in [4.69, 9.17) is 5.11 Å². The minimum Gasteiger partial charge on any atom is -0.465 e. The third kappa shape index (κ3) is 4.14. The number of aromatic nitrogens is 1. The molecule has 0 aliphatic carbocycles. The first kappa shape index (κ1) is 18.4. The zero-order chi connectivity index (χ0) is 18.8. The molecule has 1 heterocycles. The Morgan fingerprint density at radius 2 is 1.96 bits per heavy atom. The lowest BCUT2D eigenvalue weighted by molar-refractivity contribution is -0.384. The van der Waals surface area contributed by atoms with Crippen LogP contribution in [0.4, 0.5) is 16.2 Å². The second kappa shape index (κ2) is 6.92. The molecule has 2 aromatic rings. The number of hydrogen-bond donors (Lipinski definition) is 3. The highest BCUT2D eigenvalue weighted by molar-refractivity contribution is 5.95. The van der Waals surface area contributed by atoms with Gasteiger partial charge in [0.2, 0.25) is 0 Å². The van der Waals surface area contributed by atoms with Crippen molar-refractivity contribution in [3.63, 3.8) is 0 Å². The molecule has 3 N–H and O–H groups in total. The summed E-state index contributed by atoms with van der Waals surface area (Å²) in [4.78, 5) is 26.2. The Labute approximate surface area is 145 Å². The van der Waals surface area contributed by atoms with E-state index in [1.54, 1.807) is 31.2 Å². The average Bonchev–Trinajstić information content (AvgIpc) is 2.51. The van der Waals surface area contributed by atoms with Gasteiger partial charge in [-0.05, 0) is 18.4 Å². The molecule has 1 aromatic heterocycles. The van der Waals surface area contributed by atoms with Crippen LogP contribution in [0, 0.1) is 15.5 Å². The number of nitro groups is 1. The van der Waals surface area contributed by atoms with Crippen LogP contribution in [0.3, 0.4) is 0 Å². The maximum atomic E-state index is 11.4. The third-order valence-electron chi connectivity index (χ3n) is 4.04. The molecule has 0 bridgehead atoms. The van der Waals surface area contributed by atoms with Crippen LogP contribution in [-0.4, -0.2) is 33.2 Å². The zero-order valence-corrected chi connectivity index (χ0v) is 14.6. The van der Waals surface area contributed by atoms with Gasteiger partial charge in [0.15, 0.2) is 0 Å². The first-order valence-corrected chi connectivity index (χ1v) is 7.89. The number of nitrogens with zero attached hydrogens (tertiary/aromatic N) is 2. The van der Waals surface area contributed by atoms with Crippen molar-refractivity contribution in [2.24, 2.45) is 5.41 Å². The number of carbonyl (C=O) groups is 1. The van der Waals surface area contributed by atoms with Crippen molar-refractivity contribution in [1.29, 1.82) is 0 Å². The summed E-state index contributed by atoms with van der Waals surface area (Å²) in [6, 6.07) is 6.25. The van der Waals surface area contributed by atoms with Gasteiger partial charge in [-0.1, -0.05) is 39.0 Å². The van der Waals surface area contributed by atoms with Gasteiger partial charge in [-0.15, -0.1) is 0 Å². The van der Waals surface area contributed by atoms with Gasteiger partial charge in [0.1, 0.15) is 11.9 Å². The molecule has 134 valence electrons. The molecule has 1 aromatic carbocycles.